The van der Waals surface area contributed by atoms with Crippen LogP contribution >= 0.6 is 0 Å². The molecule has 1 fully saturated rings. The fourth-order valence-corrected chi connectivity index (χ4v) is 2.71. The Balaban J connectivity index is 1.69. The molecule has 0 spiro atoms. The van der Waals surface area contributed by atoms with E-state index in [9.17, 15) is 14.4 Å². The SMILES string of the molecule is CC(C)CCCC(C)NC(=O)COC(=O)c1ccc(NC(=O)C2CC2)cc1. The van der Waals surface area contributed by atoms with Crippen molar-refractivity contribution in [1.29, 1.82) is 0 Å². The summed E-state index contributed by atoms with van der Waals surface area (Å²) in [6, 6.07) is 6.54. The van der Waals surface area contributed by atoms with Crippen LogP contribution < -0.4 is 10.6 Å². The van der Waals surface area contributed by atoms with Gasteiger partial charge in [-0.15, -0.1) is 0 Å². The largest absolute Gasteiger partial charge is 0.452 e. The second kappa shape index (κ2) is 10.1. The Morgan fingerprint density at radius 2 is 1.74 bits per heavy atom. The minimum absolute atomic E-state index is 0.0181. The predicted octanol–water partition coefficient (Wildman–Crippen LogP) is 3.52. The van der Waals surface area contributed by atoms with Crippen LogP contribution in [0.2, 0.25) is 0 Å². The van der Waals surface area contributed by atoms with Crippen molar-refractivity contribution in [1.82, 2.24) is 5.32 Å². The first-order valence-electron chi connectivity index (χ1n) is 9.72. The van der Waals surface area contributed by atoms with Gasteiger partial charge in [-0.2, -0.15) is 0 Å². The first-order valence-corrected chi connectivity index (χ1v) is 9.72. The van der Waals surface area contributed by atoms with Gasteiger partial charge in [0, 0.05) is 17.6 Å². The van der Waals surface area contributed by atoms with Gasteiger partial charge in [0.2, 0.25) is 5.91 Å². The van der Waals surface area contributed by atoms with Gasteiger partial charge >= 0.3 is 5.97 Å². The first-order chi connectivity index (χ1) is 12.8. The number of nitrogens with one attached hydrogen (secondary N) is 2. The molecular formula is C21H30N2O4. The van der Waals surface area contributed by atoms with Crippen molar-refractivity contribution in [3.05, 3.63) is 29.8 Å². The van der Waals surface area contributed by atoms with Gasteiger partial charge in [-0.1, -0.05) is 26.7 Å². The molecule has 1 aliphatic carbocycles. The highest BCUT2D eigenvalue weighted by Crippen LogP contribution is 2.30. The zero-order valence-corrected chi connectivity index (χ0v) is 16.4. The predicted molar refractivity (Wildman–Crippen MR) is 104 cm³/mol. The zero-order valence-electron chi connectivity index (χ0n) is 16.4. The lowest BCUT2D eigenvalue weighted by Gasteiger charge is -2.14. The second-order valence-corrected chi connectivity index (χ2v) is 7.71. The molecule has 2 N–H and O–H groups in total. The Labute approximate surface area is 161 Å². The molecule has 1 aliphatic rings. The molecule has 0 aliphatic heterocycles. The number of carbonyl (C=O) groups excluding carboxylic acids is 3. The Kier molecular flexibility index (Phi) is 7.82. The van der Waals surface area contributed by atoms with Gasteiger partial charge in [-0.25, -0.2) is 4.79 Å². The van der Waals surface area contributed by atoms with Gasteiger partial charge in [0.1, 0.15) is 0 Å². The van der Waals surface area contributed by atoms with Crippen molar-refractivity contribution in [3.63, 3.8) is 0 Å². The quantitative estimate of drug-likeness (QED) is 0.614. The molecule has 2 amide bonds. The van der Waals surface area contributed by atoms with Crippen LogP contribution in [0.25, 0.3) is 0 Å². The van der Waals surface area contributed by atoms with Gasteiger partial charge in [-0.05, 0) is 56.4 Å². The summed E-state index contributed by atoms with van der Waals surface area (Å²) >= 11 is 0. The maximum atomic E-state index is 12.0. The van der Waals surface area contributed by atoms with Crippen molar-refractivity contribution in [2.24, 2.45) is 11.8 Å². The maximum Gasteiger partial charge on any atom is 0.338 e. The normalized spacial score (nSPS) is 14.5. The molecule has 1 saturated carbocycles. The monoisotopic (exact) mass is 374 g/mol. The third kappa shape index (κ3) is 7.81. The van der Waals surface area contributed by atoms with E-state index in [1.54, 1.807) is 24.3 Å². The summed E-state index contributed by atoms with van der Waals surface area (Å²) in [6.45, 7) is 6.01. The number of ether oxygens (including phenoxy) is 1. The zero-order chi connectivity index (χ0) is 19.8. The van der Waals surface area contributed by atoms with E-state index in [1.807, 2.05) is 6.92 Å². The Hall–Kier alpha value is -2.37. The van der Waals surface area contributed by atoms with Crippen LogP contribution in [0.1, 0.15) is 63.2 Å². The summed E-state index contributed by atoms with van der Waals surface area (Å²) in [4.78, 5) is 35.7. The lowest BCUT2D eigenvalue weighted by molar-refractivity contribution is -0.124. The number of amides is 2. The maximum absolute atomic E-state index is 12.0. The molecule has 1 unspecified atom stereocenters. The van der Waals surface area contributed by atoms with Crippen LogP contribution in [-0.4, -0.2) is 30.4 Å². The topological polar surface area (TPSA) is 84.5 Å². The lowest BCUT2D eigenvalue weighted by atomic mass is 10.0. The van der Waals surface area contributed by atoms with Crippen LogP contribution in [0.15, 0.2) is 24.3 Å². The molecule has 6 nitrogen and oxygen atoms in total. The van der Waals surface area contributed by atoms with Gasteiger partial charge < -0.3 is 15.4 Å². The molecular weight excluding hydrogens is 344 g/mol. The number of hydrogen-bond acceptors (Lipinski definition) is 4. The highest BCUT2D eigenvalue weighted by Gasteiger charge is 2.29. The Bertz CT molecular complexity index is 651. The summed E-state index contributed by atoms with van der Waals surface area (Å²) in [7, 11) is 0. The van der Waals surface area contributed by atoms with Crippen molar-refractivity contribution in [3.8, 4) is 0 Å². The van der Waals surface area contributed by atoms with Crippen molar-refractivity contribution < 1.29 is 19.1 Å². The minimum atomic E-state index is -0.558. The Morgan fingerprint density at radius 3 is 2.33 bits per heavy atom. The molecule has 2 rings (SSSR count). The molecule has 27 heavy (non-hydrogen) atoms. The van der Waals surface area contributed by atoms with Gasteiger partial charge in [0.15, 0.2) is 6.61 Å². The number of rotatable bonds is 10. The van der Waals surface area contributed by atoms with Gasteiger partial charge in [0.05, 0.1) is 5.56 Å². The molecule has 0 bridgehead atoms. The van der Waals surface area contributed by atoms with E-state index in [-0.39, 0.29) is 30.4 Å². The summed E-state index contributed by atoms with van der Waals surface area (Å²) in [5.74, 6) is -0.0564. The fourth-order valence-electron chi connectivity index (χ4n) is 2.71. The van der Waals surface area contributed by atoms with E-state index >= 15 is 0 Å². The summed E-state index contributed by atoms with van der Waals surface area (Å²) in [6.07, 6.45) is 4.98. The minimum Gasteiger partial charge on any atom is -0.452 e. The van der Waals surface area contributed by atoms with Crippen molar-refractivity contribution in [2.45, 2.75) is 58.9 Å². The Morgan fingerprint density at radius 1 is 1.07 bits per heavy atom. The number of benzene rings is 1. The number of anilines is 1. The van der Waals surface area contributed by atoms with Gasteiger partial charge in [0.25, 0.3) is 5.91 Å². The van der Waals surface area contributed by atoms with E-state index in [4.69, 9.17) is 4.74 Å². The average Bonchev–Trinajstić information content (AvgIpc) is 3.45. The van der Waals surface area contributed by atoms with Crippen LogP contribution in [0.4, 0.5) is 5.69 Å². The van der Waals surface area contributed by atoms with E-state index in [0.29, 0.717) is 17.2 Å². The first kappa shape index (κ1) is 20.9. The van der Waals surface area contributed by atoms with E-state index in [0.717, 1.165) is 32.1 Å². The molecule has 0 saturated heterocycles. The molecule has 0 radical (unpaired) electrons. The van der Waals surface area contributed by atoms with Crippen LogP contribution in [-0.2, 0) is 14.3 Å². The molecule has 1 aromatic rings. The fraction of sp³-hybridized carbons (Fsp3) is 0.571. The van der Waals surface area contributed by atoms with Crippen LogP contribution in [0.5, 0.6) is 0 Å². The van der Waals surface area contributed by atoms with E-state index < -0.39 is 5.97 Å². The van der Waals surface area contributed by atoms with E-state index in [2.05, 4.69) is 24.5 Å². The molecule has 6 heteroatoms. The third-order valence-electron chi connectivity index (χ3n) is 4.50. The molecule has 0 heterocycles. The number of carbonyl (C=O) groups is 3. The molecule has 1 aromatic carbocycles. The van der Waals surface area contributed by atoms with Crippen molar-refractivity contribution in [2.75, 3.05) is 11.9 Å². The molecule has 148 valence electrons. The second-order valence-electron chi connectivity index (χ2n) is 7.71. The highest BCUT2D eigenvalue weighted by atomic mass is 16.5. The van der Waals surface area contributed by atoms with E-state index in [1.165, 1.54) is 0 Å². The van der Waals surface area contributed by atoms with Crippen LogP contribution in [0, 0.1) is 11.8 Å². The molecule has 1 atom stereocenters. The van der Waals surface area contributed by atoms with Gasteiger partial charge in [-0.3, -0.25) is 9.59 Å². The van der Waals surface area contributed by atoms with Crippen LogP contribution in [0.3, 0.4) is 0 Å². The average molecular weight is 374 g/mol. The third-order valence-corrected chi connectivity index (χ3v) is 4.50. The molecule has 0 aromatic heterocycles. The number of hydrogen-bond donors (Lipinski definition) is 2. The summed E-state index contributed by atoms with van der Waals surface area (Å²) < 4.78 is 5.06. The summed E-state index contributed by atoms with van der Waals surface area (Å²) in [5.41, 5.74) is 0.994. The lowest BCUT2D eigenvalue weighted by Crippen LogP contribution is -2.35. The smallest absolute Gasteiger partial charge is 0.338 e. The number of esters is 1. The highest BCUT2D eigenvalue weighted by molar-refractivity contribution is 5.95. The standard InChI is InChI=1S/C21H30N2O4/c1-14(2)5-4-6-15(3)22-19(24)13-27-21(26)17-9-11-18(12-10-17)23-20(25)16-7-8-16/h9-12,14-16H,4-8,13H2,1-3H3,(H,22,24)(H,23,25). The van der Waals surface area contributed by atoms with Crippen molar-refractivity contribution >= 4 is 23.5 Å². The summed E-state index contributed by atoms with van der Waals surface area (Å²) in [5, 5.41) is 5.65.